The van der Waals surface area contributed by atoms with E-state index >= 15 is 0 Å². The van der Waals surface area contributed by atoms with Gasteiger partial charge in [0, 0.05) is 38.3 Å². The molecule has 6 nitrogen and oxygen atoms in total. The Labute approximate surface area is 183 Å². The van der Waals surface area contributed by atoms with Gasteiger partial charge in [0.2, 0.25) is 11.8 Å². The van der Waals surface area contributed by atoms with E-state index in [1.165, 1.54) is 0 Å². The van der Waals surface area contributed by atoms with Crippen molar-refractivity contribution in [3.05, 3.63) is 71.8 Å². The number of carbonyl (C=O) groups is 2. The number of nitrogens with zero attached hydrogens (tertiary/aromatic N) is 2. The van der Waals surface area contributed by atoms with Gasteiger partial charge in [-0.1, -0.05) is 24.3 Å². The van der Waals surface area contributed by atoms with Crippen LogP contribution in [0.4, 0.5) is 0 Å². The summed E-state index contributed by atoms with van der Waals surface area (Å²) in [6.07, 6.45) is 7.52. The first-order chi connectivity index (χ1) is 15.1. The second kappa shape index (κ2) is 11.0. The average Bonchev–Trinajstić information content (AvgIpc) is 3.08. The molecule has 2 aromatic rings. The van der Waals surface area contributed by atoms with Crippen molar-refractivity contribution in [1.82, 2.24) is 9.80 Å². The van der Waals surface area contributed by atoms with Gasteiger partial charge in [0.05, 0.1) is 14.2 Å². The molecule has 1 heterocycles. The van der Waals surface area contributed by atoms with Gasteiger partial charge in [0.15, 0.2) is 0 Å². The molecule has 1 aliphatic rings. The molecule has 0 aromatic heterocycles. The Hall–Kier alpha value is -3.54. The lowest BCUT2D eigenvalue weighted by atomic mass is 10.2. The third kappa shape index (κ3) is 6.47. The first-order valence-corrected chi connectivity index (χ1v) is 10.3. The van der Waals surface area contributed by atoms with E-state index in [1.807, 2.05) is 48.5 Å². The normalized spacial score (nSPS) is 14.6. The van der Waals surface area contributed by atoms with Crippen LogP contribution in [0.3, 0.4) is 0 Å². The second-order valence-corrected chi connectivity index (χ2v) is 7.22. The van der Waals surface area contributed by atoms with Crippen LogP contribution in [-0.4, -0.2) is 62.0 Å². The van der Waals surface area contributed by atoms with Crippen LogP contribution in [0.2, 0.25) is 0 Å². The second-order valence-electron chi connectivity index (χ2n) is 7.22. The van der Waals surface area contributed by atoms with Crippen molar-refractivity contribution in [2.75, 3.05) is 40.4 Å². The molecule has 0 radical (unpaired) electrons. The maximum atomic E-state index is 12.6. The van der Waals surface area contributed by atoms with Crippen LogP contribution in [-0.2, 0) is 9.59 Å². The molecule has 2 aromatic carbocycles. The number of benzene rings is 2. The van der Waals surface area contributed by atoms with E-state index in [0.717, 1.165) is 29.0 Å². The monoisotopic (exact) mass is 420 g/mol. The lowest BCUT2D eigenvalue weighted by Gasteiger charge is -2.20. The zero-order valence-electron chi connectivity index (χ0n) is 18.0. The van der Waals surface area contributed by atoms with Gasteiger partial charge in [0.1, 0.15) is 11.5 Å². The lowest BCUT2D eigenvalue weighted by Crippen LogP contribution is -2.36. The number of hydrogen-bond donors (Lipinski definition) is 0. The van der Waals surface area contributed by atoms with Gasteiger partial charge in [-0.3, -0.25) is 9.59 Å². The van der Waals surface area contributed by atoms with E-state index in [0.29, 0.717) is 26.2 Å². The number of carbonyl (C=O) groups excluding carboxylic acids is 2. The molecule has 1 saturated heterocycles. The number of methoxy groups -OCH3 is 2. The molecule has 0 saturated carbocycles. The summed E-state index contributed by atoms with van der Waals surface area (Å²) in [6.45, 7) is 2.32. The number of hydrogen-bond acceptors (Lipinski definition) is 4. The Bertz CT molecular complexity index is 855. The number of rotatable bonds is 6. The molecule has 2 amide bonds. The van der Waals surface area contributed by atoms with Gasteiger partial charge in [-0.2, -0.15) is 0 Å². The van der Waals surface area contributed by atoms with Crippen molar-refractivity contribution in [1.29, 1.82) is 0 Å². The van der Waals surface area contributed by atoms with Crippen LogP contribution < -0.4 is 9.47 Å². The third-order valence-corrected chi connectivity index (χ3v) is 5.19. The zero-order chi connectivity index (χ0) is 22.1. The van der Waals surface area contributed by atoms with Crippen LogP contribution in [0.5, 0.6) is 11.5 Å². The van der Waals surface area contributed by atoms with Crippen molar-refractivity contribution in [2.24, 2.45) is 0 Å². The van der Waals surface area contributed by atoms with Crippen molar-refractivity contribution in [3.63, 3.8) is 0 Å². The predicted octanol–water partition coefficient (Wildman–Crippen LogP) is 3.49. The first-order valence-electron chi connectivity index (χ1n) is 10.3. The molecular weight excluding hydrogens is 392 g/mol. The average molecular weight is 421 g/mol. The van der Waals surface area contributed by atoms with E-state index in [1.54, 1.807) is 48.3 Å². The predicted molar refractivity (Wildman–Crippen MR) is 122 cm³/mol. The summed E-state index contributed by atoms with van der Waals surface area (Å²) in [5, 5.41) is 0. The van der Waals surface area contributed by atoms with Gasteiger partial charge in [-0.25, -0.2) is 0 Å². The highest BCUT2D eigenvalue weighted by Gasteiger charge is 2.19. The molecule has 6 heteroatoms. The molecule has 0 spiro atoms. The molecule has 1 fully saturated rings. The highest BCUT2D eigenvalue weighted by Crippen LogP contribution is 2.14. The van der Waals surface area contributed by atoms with Crippen molar-refractivity contribution in [3.8, 4) is 11.5 Å². The maximum absolute atomic E-state index is 12.6. The highest BCUT2D eigenvalue weighted by molar-refractivity contribution is 5.93. The summed E-state index contributed by atoms with van der Waals surface area (Å²) in [5.74, 6) is 1.47. The third-order valence-electron chi connectivity index (χ3n) is 5.19. The minimum Gasteiger partial charge on any atom is -0.497 e. The highest BCUT2D eigenvalue weighted by atomic mass is 16.5. The summed E-state index contributed by atoms with van der Waals surface area (Å²) in [6, 6.07) is 15.1. The van der Waals surface area contributed by atoms with Crippen LogP contribution in [0.25, 0.3) is 12.2 Å². The molecule has 31 heavy (non-hydrogen) atoms. The molecule has 0 bridgehead atoms. The van der Waals surface area contributed by atoms with E-state index in [-0.39, 0.29) is 11.8 Å². The SMILES string of the molecule is COc1ccc(/C=C/C(=O)N2CCCN(C(=O)/C=C/c3ccc(OC)cc3)CC2)cc1. The van der Waals surface area contributed by atoms with E-state index in [9.17, 15) is 9.59 Å². The Morgan fingerprint density at radius 2 is 1.06 bits per heavy atom. The van der Waals surface area contributed by atoms with E-state index < -0.39 is 0 Å². The molecule has 0 unspecified atom stereocenters. The Kier molecular flexibility index (Phi) is 7.87. The summed E-state index contributed by atoms with van der Waals surface area (Å²) < 4.78 is 10.3. The Balaban J connectivity index is 1.52. The van der Waals surface area contributed by atoms with Crippen LogP contribution >= 0.6 is 0 Å². The van der Waals surface area contributed by atoms with Gasteiger partial charge in [0.25, 0.3) is 0 Å². The minimum atomic E-state index is -0.0427. The molecular formula is C25H28N2O4. The smallest absolute Gasteiger partial charge is 0.246 e. The molecule has 0 aliphatic carbocycles. The van der Waals surface area contributed by atoms with E-state index in [2.05, 4.69) is 0 Å². The van der Waals surface area contributed by atoms with Gasteiger partial charge in [-0.15, -0.1) is 0 Å². The van der Waals surface area contributed by atoms with Crippen molar-refractivity contribution in [2.45, 2.75) is 6.42 Å². The Morgan fingerprint density at radius 3 is 1.42 bits per heavy atom. The van der Waals surface area contributed by atoms with E-state index in [4.69, 9.17) is 9.47 Å². The summed E-state index contributed by atoms with van der Waals surface area (Å²) in [5.41, 5.74) is 1.87. The first kappa shape index (κ1) is 22.2. The van der Waals surface area contributed by atoms with Crippen molar-refractivity contribution >= 4 is 24.0 Å². The number of ether oxygens (including phenoxy) is 2. The summed E-state index contributed by atoms with van der Waals surface area (Å²) >= 11 is 0. The van der Waals surface area contributed by atoms with Gasteiger partial charge in [-0.05, 0) is 54.0 Å². The fourth-order valence-corrected chi connectivity index (χ4v) is 3.33. The molecule has 3 rings (SSSR count). The van der Waals surface area contributed by atoms with Gasteiger partial charge >= 0.3 is 0 Å². The van der Waals surface area contributed by atoms with Crippen LogP contribution in [0.1, 0.15) is 17.5 Å². The molecule has 162 valence electrons. The van der Waals surface area contributed by atoms with Crippen LogP contribution in [0, 0.1) is 0 Å². The summed E-state index contributed by atoms with van der Waals surface area (Å²) in [7, 11) is 3.24. The lowest BCUT2D eigenvalue weighted by molar-refractivity contribution is -0.128. The fourth-order valence-electron chi connectivity index (χ4n) is 3.33. The molecule has 0 atom stereocenters. The molecule has 1 aliphatic heterocycles. The number of amides is 2. The van der Waals surface area contributed by atoms with Crippen molar-refractivity contribution < 1.29 is 19.1 Å². The van der Waals surface area contributed by atoms with Crippen LogP contribution in [0.15, 0.2) is 60.7 Å². The van der Waals surface area contributed by atoms with Gasteiger partial charge < -0.3 is 19.3 Å². The zero-order valence-corrected chi connectivity index (χ0v) is 18.0. The quantitative estimate of drug-likeness (QED) is 0.672. The fraction of sp³-hybridized carbons (Fsp3) is 0.280. The standard InChI is InChI=1S/C25H28N2O4/c1-30-22-10-4-20(5-11-22)8-14-24(28)26-16-3-17-27(19-18-26)25(29)15-9-21-6-12-23(31-2)13-7-21/h4-15H,3,16-19H2,1-2H3/b14-8+,15-9+. The summed E-state index contributed by atoms with van der Waals surface area (Å²) in [4.78, 5) is 28.7. The maximum Gasteiger partial charge on any atom is 0.246 e. The topological polar surface area (TPSA) is 59.1 Å². The minimum absolute atomic E-state index is 0.0427. The molecule has 0 N–H and O–H groups in total. The Morgan fingerprint density at radius 1 is 0.677 bits per heavy atom. The largest absolute Gasteiger partial charge is 0.497 e.